The van der Waals surface area contributed by atoms with E-state index < -0.39 is 23.8 Å². The number of methoxy groups -OCH3 is 1. The third kappa shape index (κ3) is 4.18. The van der Waals surface area contributed by atoms with Crippen LogP contribution >= 0.6 is 0 Å². The summed E-state index contributed by atoms with van der Waals surface area (Å²) < 4.78 is 10.3. The summed E-state index contributed by atoms with van der Waals surface area (Å²) >= 11 is 0. The van der Waals surface area contributed by atoms with Gasteiger partial charge in [0.2, 0.25) is 0 Å². The molecule has 0 aromatic heterocycles. The van der Waals surface area contributed by atoms with Crippen LogP contribution in [-0.4, -0.2) is 34.9 Å². The van der Waals surface area contributed by atoms with Crippen LogP contribution in [0.4, 0.5) is 0 Å². The minimum atomic E-state index is -1.10. The number of nitrogens with zero attached hydrogens (tertiary/aromatic N) is 1. The molecule has 0 aliphatic carbocycles. The Bertz CT molecular complexity index is 1110. The lowest BCUT2D eigenvalue weighted by Crippen LogP contribution is -2.35. The van der Waals surface area contributed by atoms with E-state index in [1.165, 1.54) is 12.7 Å². The number of hydrogen-bond acceptors (Lipinski definition) is 5. The number of carboxylic acid groups (broad SMARTS) is 1. The Morgan fingerprint density at radius 1 is 1.00 bits per heavy atom. The molecule has 0 saturated heterocycles. The van der Waals surface area contributed by atoms with Crippen LogP contribution in [0.5, 0.6) is 11.5 Å². The lowest BCUT2D eigenvalue weighted by atomic mass is 10.0. The van der Waals surface area contributed by atoms with Crippen LogP contribution in [0.2, 0.25) is 0 Å². The number of imide groups is 1. The highest BCUT2D eigenvalue weighted by molar-refractivity contribution is 6.21. The molecule has 32 heavy (non-hydrogen) atoms. The van der Waals surface area contributed by atoms with Gasteiger partial charge in [-0.15, -0.1) is 0 Å². The maximum atomic E-state index is 12.6. The summed E-state index contributed by atoms with van der Waals surface area (Å²) in [6, 6.07) is 20.4. The van der Waals surface area contributed by atoms with E-state index >= 15 is 0 Å². The first-order valence-electron chi connectivity index (χ1n) is 10.0. The van der Waals surface area contributed by atoms with Gasteiger partial charge in [0.15, 0.2) is 0 Å². The molecule has 2 bridgehead atoms. The van der Waals surface area contributed by atoms with E-state index in [4.69, 9.17) is 9.47 Å². The predicted octanol–water partition coefficient (Wildman–Crippen LogP) is 4.09. The molecule has 0 fully saturated rings. The van der Waals surface area contributed by atoms with Crippen LogP contribution in [0, 0.1) is 0 Å². The van der Waals surface area contributed by atoms with Gasteiger partial charge in [0.05, 0.1) is 30.7 Å². The zero-order valence-corrected chi connectivity index (χ0v) is 17.4. The third-order valence-electron chi connectivity index (χ3n) is 5.31. The van der Waals surface area contributed by atoms with Crippen molar-refractivity contribution in [2.45, 2.75) is 19.1 Å². The lowest BCUT2D eigenvalue weighted by molar-refractivity contribution is -0.138. The molecule has 3 aliphatic rings. The van der Waals surface area contributed by atoms with Crippen LogP contribution in [0.1, 0.15) is 44.3 Å². The highest BCUT2D eigenvalue weighted by Gasteiger charge is 2.41. The molecule has 1 atom stereocenters. The average molecular weight is 431 g/mol. The van der Waals surface area contributed by atoms with E-state index in [2.05, 4.69) is 12.1 Å². The second kappa shape index (κ2) is 8.93. The monoisotopic (exact) mass is 431 g/mol. The highest BCUT2D eigenvalue weighted by Crippen LogP contribution is 2.34. The summed E-state index contributed by atoms with van der Waals surface area (Å²) in [4.78, 5) is 37.6. The van der Waals surface area contributed by atoms with Gasteiger partial charge in [0.25, 0.3) is 11.8 Å². The fraction of sp³-hybridized carbons (Fsp3) is 0.160. The van der Waals surface area contributed by atoms with Gasteiger partial charge in [-0.3, -0.25) is 19.3 Å². The van der Waals surface area contributed by atoms with E-state index in [0.717, 1.165) is 17.3 Å². The summed E-state index contributed by atoms with van der Waals surface area (Å²) in [7, 11) is 1.49. The van der Waals surface area contributed by atoms with Gasteiger partial charge in [0.1, 0.15) is 18.1 Å². The van der Waals surface area contributed by atoms with Gasteiger partial charge in [-0.25, -0.2) is 0 Å². The number of ether oxygens (including phenoxy) is 2. The van der Waals surface area contributed by atoms with Crippen molar-refractivity contribution in [3.05, 3.63) is 95.1 Å². The SMILES string of the molecule is COc1cccc(C(CC(=O)O)N2C(=O)c3ccccc3C2=O)c1.c1cc2ccc1CO2. The number of fused-ring (bicyclic) bond motifs is 4. The Kier molecular flexibility index (Phi) is 5.89. The first-order valence-corrected chi connectivity index (χ1v) is 10.0. The standard InChI is InChI=1S/C18H15NO5.C7H6O/c1-24-12-6-4-5-11(9-12)15(10-16(20)21)19-17(22)13-7-2-3-8-14(13)18(19)23;1-3-7-4-2-6(1)5-8-7/h2-9,15H,10H2,1H3,(H,20,21);1-4H,5H2. The Morgan fingerprint density at radius 2 is 1.66 bits per heavy atom. The molecule has 162 valence electrons. The average Bonchev–Trinajstić information content (AvgIpc) is 3.09. The van der Waals surface area contributed by atoms with Crippen LogP contribution in [0.25, 0.3) is 0 Å². The van der Waals surface area contributed by atoms with Crippen molar-refractivity contribution in [1.29, 1.82) is 0 Å². The van der Waals surface area contributed by atoms with Crippen LogP contribution in [-0.2, 0) is 11.4 Å². The van der Waals surface area contributed by atoms with Crippen molar-refractivity contribution in [2.24, 2.45) is 0 Å². The minimum Gasteiger partial charge on any atom is -0.497 e. The molecule has 3 aromatic carbocycles. The molecule has 2 amide bonds. The van der Waals surface area contributed by atoms with Gasteiger partial charge in [-0.05, 0) is 47.5 Å². The molecule has 1 N–H and O–H groups in total. The van der Waals surface area contributed by atoms with Crippen molar-refractivity contribution in [2.75, 3.05) is 7.11 Å². The zero-order chi connectivity index (χ0) is 22.7. The number of rotatable bonds is 5. The summed E-state index contributed by atoms with van der Waals surface area (Å²) in [5.74, 6) is -0.548. The lowest BCUT2D eigenvalue weighted by Gasteiger charge is -2.25. The molecular weight excluding hydrogens is 410 g/mol. The number of benzene rings is 3. The normalized spacial score (nSPS) is 14.2. The van der Waals surface area contributed by atoms with Crippen molar-refractivity contribution in [3.63, 3.8) is 0 Å². The molecule has 0 spiro atoms. The summed E-state index contributed by atoms with van der Waals surface area (Å²) in [5, 5.41) is 9.24. The van der Waals surface area contributed by atoms with E-state index in [9.17, 15) is 19.5 Å². The van der Waals surface area contributed by atoms with E-state index in [-0.39, 0.29) is 6.42 Å². The quantitative estimate of drug-likeness (QED) is 0.612. The van der Waals surface area contributed by atoms with Gasteiger partial charge < -0.3 is 14.6 Å². The van der Waals surface area contributed by atoms with Crippen LogP contribution in [0.3, 0.4) is 0 Å². The molecule has 1 unspecified atom stereocenters. The Hall–Kier alpha value is -4.13. The first kappa shape index (κ1) is 21.1. The fourth-order valence-electron chi connectivity index (χ4n) is 3.71. The van der Waals surface area contributed by atoms with Gasteiger partial charge in [-0.1, -0.05) is 36.4 Å². The smallest absolute Gasteiger partial charge is 0.305 e. The molecular formula is C25H21NO6. The van der Waals surface area contributed by atoms with Crippen molar-refractivity contribution < 1.29 is 29.0 Å². The highest BCUT2D eigenvalue weighted by atomic mass is 16.5. The number of carboxylic acids is 1. The maximum absolute atomic E-state index is 12.6. The fourth-order valence-corrected chi connectivity index (χ4v) is 3.71. The summed E-state index contributed by atoms with van der Waals surface area (Å²) in [5.41, 5.74) is 2.38. The molecule has 0 saturated carbocycles. The van der Waals surface area contributed by atoms with Gasteiger partial charge >= 0.3 is 5.97 Å². The van der Waals surface area contributed by atoms with Crippen molar-refractivity contribution >= 4 is 17.8 Å². The van der Waals surface area contributed by atoms with Crippen LogP contribution in [0.15, 0.2) is 72.8 Å². The molecule has 3 aromatic rings. The van der Waals surface area contributed by atoms with E-state index in [0.29, 0.717) is 22.4 Å². The van der Waals surface area contributed by atoms with Gasteiger partial charge in [-0.2, -0.15) is 0 Å². The minimum absolute atomic E-state index is 0.292. The topological polar surface area (TPSA) is 93.1 Å². The maximum Gasteiger partial charge on any atom is 0.305 e. The number of amides is 2. The van der Waals surface area contributed by atoms with Gasteiger partial charge in [0, 0.05) is 0 Å². The second-order valence-electron chi connectivity index (χ2n) is 7.35. The summed E-state index contributed by atoms with van der Waals surface area (Å²) in [6.07, 6.45) is -0.376. The first-order chi connectivity index (χ1) is 15.5. The largest absolute Gasteiger partial charge is 0.497 e. The molecule has 3 aliphatic heterocycles. The van der Waals surface area contributed by atoms with Crippen LogP contribution < -0.4 is 9.47 Å². The molecule has 7 heteroatoms. The molecule has 3 heterocycles. The second-order valence-corrected chi connectivity index (χ2v) is 7.35. The zero-order valence-electron chi connectivity index (χ0n) is 17.4. The Labute approximate surface area is 184 Å². The Morgan fingerprint density at radius 3 is 2.09 bits per heavy atom. The predicted molar refractivity (Wildman–Crippen MR) is 116 cm³/mol. The summed E-state index contributed by atoms with van der Waals surface area (Å²) in [6.45, 7) is 0.766. The number of hydrogen-bond donors (Lipinski definition) is 1. The third-order valence-corrected chi connectivity index (χ3v) is 5.31. The molecule has 6 rings (SSSR count). The molecule has 0 radical (unpaired) electrons. The number of carbonyl (C=O) groups is 3. The van der Waals surface area contributed by atoms with E-state index in [1.807, 2.05) is 12.1 Å². The number of carbonyl (C=O) groups excluding carboxylic acids is 2. The van der Waals surface area contributed by atoms with E-state index in [1.54, 1.807) is 48.5 Å². The van der Waals surface area contributed by atoms with Crippen molar-refractivity contribution in [1.82, 2.24) is 4.90 Å². The van der Waals surface area contributed by atoms with Crippen molar-refractivity contribution in [3.8, 4) is 11.5 Å². The molecule has 7 nitrogen and oxygen atoms in total. The Balaban J connectivity index is 0.000000254. The number of aliphatic carboxylic acids is 1.